The fourth-order valence-corrected chi connectivity index (χ4v) is 1.98. The third-order valence-corrected chi connectivity index (χ3v) is 2.94. The number of nitrogens with one attached hydrogen (secondary N) is 2. The summed E-state index contributed by atoms with van der Waals surface area (Å²) in [5, 5.41) is 7.81. The first-order valence-corrected chi connectivity index (χ1v) is 6.04. The molecular weight excluding hydrogens is 242 g/mol. The van der Waals surface area contributed by atoms with Crippen LogP contribution in [0.3, 0.4) is 0 Å². The number of fused-ring (bicyclic) bond motifs is 1. The topological polar surface area (TPSA) is 70.9 Å². The average Bonchev–Trinajstić information content (AvgIpc) is 2.92. The molecule has 5 heteroatoms. The molecule has 0 aliphatic rings. The molecule has 0 bridgehead atoms. The second-order valence-electron chi connectivity index (χ2n) is 4.29. The lowest BCUT2D eigenvalue weighted by Gasteiger charge is -2.04. The fraction of sp³-hybridized carbons (Fsp3) is 0.143. The lowest BCUT2D eigenvalue weighted by molar-refractivity contribution is 0.372. The summed E-state index contributed by atoms with van der Waals surface area (Å²) in [5.41, 5.74) is 1.49. The van der Waals surface area contributed by atoms with Gasteiger partial charge in [0, 0.05) is 23.7 Å². The third kappa shape index (κ3) is 2.56. The highest BCUT2D eigenvalue weighted by molar-refractivity contribution is 5.78. The Morgan fingerprint density at radius 1 is 1.21 bits per heavy atom. The molecule has 0 fully saturated rings. The van der Waals surface area contributed by atoms with Crippen LogP contribution in [0.5, 0.6) is 0 Å². The Morgan fingerprint density at radius 3 is 2.95 bits per heavy atom. The van der Waals surface area contributed by atoms with Gasteiger partial charge < -0.3 is 14.8 Å². The molecule has 0 aliphatic carbocycles. The normalized spacial score (nSPS) is 10.9. The molecule has 2 aromatic heterocycles. The summed E-state index contributed by atoms with van der Waals surface area (Å²) in [5.74, 6) is 0.747. The summed E-state index contributed by atoms with van der Waals surface area (Å²) in [6.45, 7) is 1.03. The Kier molecular flexibility index (Phi) is 3.12. The quantitative estimate of drug-likeness (QED) is 0.745. The molecule has 0 aliphatic heterocycles. The lowest BCUT2D eigenvalue weighted by atomic mass is 10.1. The van der Waals surface area contributed by atoms with Gasteiger partial charge in [0.15, 0.2) is 0 Å². The Morgan fingerprint density at radius 2 is 2.11 bits per heavy atom. The van der Waals surface area contributed by atoms with Crippen LogP contribution in [0.4, 0.5) is 0 Å². The molecule has 3 aromatic rings. The van der Waals surface area contributed by atoms with Crippen molar-refractivity contribution in [3.8, 4) is 0 Å². The minimum Gasteiger partial charge on any atom is -0.360 e. The molecule has 2 heterocycles. The summed E-state index contributed by atoms with van der Waals surface area (Å²) in [6, 6.07) is 11.4. The number of aromatic nitrogens is 2. The van der Waals surface area contributed by atoms with Crippen LogP contribution >= 0.6 is 0 Å². The number of nitrogens with zero attached hydrogens (tertiary/aromatic N) is 1. The SMILES string of the molecule is O=c1[nH]c2ccccc2cc1CNCc1ccno1. The van der Waals surface area contributed by atoms with Crippen molar-refractivity contribution < 1.29 is 4.52 Å². The van der Waals surface area contributed by atoms with Crippen molar-refractivity contribution in [2.45, 2.75) is 13.1 Å². The van der Waals surface area contributed by atoms with E-state index in [1.165, 1.54) is 0 Å². The Bertz CT molecular complexity index is 732. The van der Waals surface area contributed by atoms with Crippen LogP contribution in [0.25, 0.3) is 10.9 Å². The summed E-state index contributed by atoms with van der Waals surface area (Å²) < 4.78 is 4.97. The van der Waals surface area contributed by atoms with Gasteiger partial charge in [0.2, 0.25) is 0 Å². The Labute approximate surface area is 109 Å². The Balaban J connectivity index is 1.77. The van der Waals surface area contributed by atoms with Gasteiger partial charge in [-0.1, -0.05) is 23.4 Å². The zero-order valence-electron chi connectivity index (χ0n) is 10.2. The second-order valence-corrected chi connectivity index (χ2v) is 4.29. The molecule has 2 N–H and O–H groups in total. The molecular formula is C14H13N3O2. The van der Waals surface area contributed by atoms with Crippen LogP contribution in [0, 0.1) is 0 Å². The van der Waals surface area contributed by atoms with Crippen LogP contribution in [0.2, 0.25) is 0 Å². The molecule has 19 heavy (non-hydrogen) atoms. The maximum absolute atomic E-state index is 11.9. The van der Waals surface area contributed by atoms with Crippen LogP contribution in [-0.4, -0.2) is 10.1 Å². The number of hydrogen-bond donors (Lipinski definition) is 2. The number of pyridine rings is 1. The molecule has 3 rings (SSSR count). The highest BCUT2D eigenvalue weighted by Crippen LogP contribution is 2.09. The smallest absolute Gasteiger partial charge is 0.252 e. The van der Waals surface area contributed by atoms with Gasteiger partial charge in [-0.05, 0) is 17.5 Å². The molecule has 0 spiro atoms. The number of benzene rings is 1. The predicted octanol–water partition coefficient (Wildman–Crippen LogP) is 1.81. The lowest BCUT2D eigenvalue weighted by Crippen LogP contribution is -2.20. The molecule has 0 amide bonds. The predicted molar refractivity (Wildman–Crippen MR) is 71.6 cm³/mol. The number of para-hydroxylation sites is 1. The zero-order chi connectivity index (χ0) is 13.1. The second kappa shape index (κ2) is 5.07. The van der Waals surface area contributed by atoms with Crippen LogP contribution < -0.4 is 10.9 Å². The van der Waals surface area contributed by atoms with E-state index >= 15 is 0 Å². The first-order valence-electron chi connectivity index (χ1n) is 6.04. The minimum atomic E-state index is -0.0660. The van der Waals surface area contributed by atoms with E-state index in [1.54, 1.807) is 12.3 Å². The molecule has 0 radical (unpaired) electrons. The third-order valence-electron chi connectivity index (χ3n) is 2.94. The van der Waals surface area contributed by atoms with E-state index in [-0.39, 0.29) is 5.56 Å². The molecule has 0 unspecified atom stereocenters. The summed E-state index contributed by atoms with van der Waals surface area (Å²) in [6.07, 6.45) is 1.60. The highest BCUT2D eigenvalue weighted by Gasteiger charge is 2.03. The minimum absolute atomic E-state index is 0.0660. The number of hydrogen-bond acceptors (Lipinski definition) is 4. The average molecular weight is 255 g/mol. The van der Waals surface area contributed by atoms with Gasteiger partial charge in [-0.3, -0.25) is 4.79 Å². The maximum atomic E-state index is 11.9. The summed E-state index contributed by atoms with van der Waals surface area (Å²) >= 11 is 0. The maximum Gasteiger partial charge on any atom is 0.252 e. The number of aromatic amines is 1. The van der Waals surface area contributed by atoms with Crippen molar-refractivity contribution >= 4 is 10.9 Å². The van der Waals surface area contributed by atoms with E-state index in [0.29, 0.717) is 18.7 Å². The fourth-order valence-electron chi connectivity index (χ4n) is 1.98. The Hall–Kier alpha value is -2.40. The van der Waals surface area contributed by atoms with Crippen LogP contribution in [-0.2, 0) is 13.1 Å². The standard InChI is InChI=1S/C14H13N3O2/c18-14-11(8-15-9-12-5-6-16-19-12)7-10-3-1-2-4-13(10)17-14/h1-7,15H,8-9H2,(H,17,18). The molecule has 5 nitrogen and oxygen atoms in total. The van der Waals surface area contributed by atoms with Gasteiger partial charge in [-0.2, -0.15) is 0 Å². The summed E-state index contributed by atoms with van der Waals surface area (Å²) in [7, 11) is 0. The molecule has 0 saturated heterocycles. The van der Waals surface area contributed by atoms with Gasteiger partial charge >= 0.3 is 0 Å². The van der Waals surface area contributed by atoms with Gasteiger partial charge in [-0.25, -0.2) is 0 Å². The van der Waals surface area contributed by atoms with Gasteiger partial charge in [0.25, 0.3) is 5.56 Å². The molecule has 0 saturated carbocycles. The molecule has 1 aromatic carbocycles. The van der Waals surface area contributed by atoms with E-state index in [0.717, 1.165) is 16.7 Å². The largest absolute Gasteiger partial charge is 0.360 e. The summed E-state index contributed by atoms with van der Waals surface area (Å²) in [4.78, 5) is 14.8. The van der Waals surface area contributed by atoms with Crippen LogP contribution in [0.15, 0.2) is 51.9 Å². The van der Waals surface area contributed by atoms with E-state index < -0.39 is 0 Å². The van der Waals surface area contributed by atoms with Crippen molar-refractivity contribution in [3.05, 3.63) is 64.3 Å². The van der Waals surface area contributed by atoms with E-state index in [1.807, 2.05) is 30.3 Å². The van der Waals surface area contributed by atoms with E-state index in [9.17, 15) is 4.79 Å². The van der Waals surface area contributed by atoms with Gasteiger partial charge in [-0.15, -0.1) is 0 Å². The highest BCUT2D eigenvalue weighted by atomic mass is 16.5. The van der Waals surface area contributed by atoms with E-state index in [4.69, 9.17) is 4.52 Å². The van der Waals surface area contributed by atoms with Crippen molar-refractivity contribution in [2.75, 3.05) is 0 Å². The van der Waals surface area contributed by atoms with Crippen LogP contribution in [0.1, 0.15) is 11.3 Å². The first-order chi connectivity index (χ1) is 9.33. The van der Waals surface area contributed by atoms with E-state index in [2.05, 4.69) is 15.5 Å². The van der Waals surface area contributed by atoms with Gasteiger partial charge in [0.05, 0.1) is 12.7 Å². The van der Waals surface area contributed by atoms with Crippen molar-refractivity contribution in [1.29, 1.82) is 0 Å². The van der Waals surface area contributed by atoms with Crippen molar-refractivity contribution in [3.63, 3.8) is 0 Å². The molecule has 96 valence electrons. The number of H-pyrrole nitrogens is 1. The monoisotopic (exact) mass is 255 g/mol. The van der Waals surface area contributed by atoms with Crippen molar-refractivity contribution in [1.82, 2.24) is 15.5 Å². The molecule has 0 atom stereocenters. The van der Waals surface area contributed by atoms with Gasteiger partial charge in [0.1, 0.15) is 5.76 Å². The number of rotatable bonds is 4. The van der Waals surface area contributed by atoms with Crippen molar-refractivity contribution in [2.24, 2.45) is 0 Å². The first kappa shape index (κ1) is 11.7. The zero-order valence-corrected chi connectivity index (χ0v) is 10.2.